The van der Waals surface area contributed by atoms with Crippen LogP contribution in [0.5, 0.6) is 0 Å². The van der Waals surface area contributed by atoms with Gasteiger partial charge >= 0.3 is 19.8 Å². The van der Waals surface area contributed by atoms with E-state index in [0.29, 0.717) is 17.4 Å². The van der Waals surface area contributed by atoms with Crippen LogP contribution in [0.4, 0.5) is 0 Å². The number of carbonyl (C=O) groups excluding carboxylic acids is 2. The number of unbranched alkanes of at least 4 members (excludes halogenated alkanes) is 23. The summed E-state index contributed by atoms with van der Waals surface area (Å²) in [6, 6.07) is 0. The highest BCUT2D eigenvalue weighted by Crippen LogP contribution is 2.43. The molecule has 0 spiro atoms. The molecule has 0 bridgehead atoms. The third kappa shape index (κ3) is 59.9. The summed E-state index contributed by atoms with van der Waals surface area (Å²) in [5, 5.41) is 0. The third-order valence-corrected chi connectivity index (χ3v) is 13.8. The van der Waals surface area contributed by atoms with E-state index in [9.17, 15) is 19.0 Å². The van der Waals surface area contributed by atoms with Gasteiger partial charge in [-0.25, -0.2) is 4.57 Å². The van der Waals surface area contributed by atoms with Gasteiger partial charge in [0.2, 0.25) is 0 Å². The Balaban J connectivity index is 4.22. The first-order chi connectivity index (χ1) is 37.0. The van der Waals surface area contributed by atoms with Gasteiger partial charge in [0.05, 0.1) is 27.7 Å². The van der Waals surface area contributed by atoms with E-state index in [-0.39, 0.29) is 32.0 Å². The number of phosphoric ester groups is 1. The van der Waals surface area contributed by atoms with Crippen molar-refractivity contribution in [2.45, 2.75) is 251 Å². The van der Waals surface area contributed by atoms with E-state index in [2.05, 4.69) is 123 Å². The summed E-state index contributed by atoms with van der Waals surface area (Å²) in [7, 11) is 1.45. The fraction of sp³-hybridized carbons (Fsp3) is 0.697. The molecule has 10 heteroatoms. The number of carbonyl (C=O) groups is 2. The molecule has 76 heavy (non-hydrogen) atoms. The fourth-order valence-corrected chi connectivity index (χ4v) is 8.83. The van der Waals surface area contributed by atoms with Crippen LogP contribution in [0.15, 0.2) is 109 Å². The van der Waals surface area contributed by atoms with Crippen LogP contribution in [0.2, 0.25) is 0 Å². The lowest BCUT2D eigenvalue weighted by atomic mass is 10.0. The second-order valence-electron chi connectivity index (χ2n) is 21.4. The van der Waals surface area contributed by atoms with Gasteiger partial charge in [-0.3, -0.25) is 18.6 Å². The largest absolute Gasteiger partial charge is 0.472 e. The van der Waals surface area contributed by atoms with E-state index < -0.39 is 26.5 Å². The van der Waals surface area contributed by atoms with Crippen LogP contribution in [0, 0.1) is 0 Å². The van der Waals surface area contributed by atoms with E-state index in [0.717, 1.165) is 103 Å². The maximum absolute atomic E-state index is 12.8. The molecule has 2 unspecified atom stereocenters. The molecule has 0 fully saturated rings. The Morgan fingerprint density at radius 1 is 0.421 bits per heavy atom. The summed E-state index contributed by atoms with van der Waals surface area (Å²) in [6.45, 7) is 4.29. The number of hydrogen-bond donors (Lipinski definition) is 1. The van der Waals surface area contributed by atoms with Gasteiger partial charge in [-0.2, -0.15) is 0 Å². The molecule has 0 aliphatic heterocycles. The first-order valence-electron chi connectivity index (χ1n) is 30.6. The first kappa shape index (κ1) is 72.7. The van der Waals surface area contributed by atoms with Crippen LogP contribution in [0.1, 0.15) is 245 Å². The van der Waals surface area contributed by atoms with Gasteiger partial charge < -0.3 is 18.9 Å². The molecule has 0 heterocycles. The highest BCUT2D eigenvalue weighted by atomic mass is 31.2. The average molecular weight is 1080 g/mol. The summed E-state index contributed by atoms with van der Waals surface area (Å²) in [4.78, 5) is 35.8. The van der Waals surface area contributed by atoms with Gasteiger partial charge in [0.25, 0.3) is 0 Å². The predicted octanol–water partition coefficient (Wildman–Crippen LogP) is 19.4. The number of phosphoric acid groups is 1. The van der Waals surface area contributed by atoms with Gasteiger partial charge in [0, 0.05) is 12.8 Å². The Morgan fingerprint density at radius 2 is 0.750 bits per heavy atom. The minimum absolute atomic E-state index is 0.0220. The number of rotatable bonds is 55. The van der Waals surface area contributed by atoms with Crippen LogP contribution in [-0.4, -0.2) is 74.9 Å². The molecule has 0 saturated heterocycles. The molecule has 0 aromatic rings. The molecule has 0 radical (unpaired) electrons. The smallest absolute Gasteiger partial charge is 0.462 e. The molecule has 0 aromatic heterocycles. The van der Waals surface area contributed by atoms with Gasteiger partial charge in [0.15, 0.2) is 6.10 Å². The van der Waals surface area contributed by atoms with Crippen LogP contribution < -0.4 is 0 Å². The molecule has 0 rings (SSSR count). The van der Waals surface area contributed by atoms with Crippen LogP contribution in [-0.2, 0) is 32.7 Å². The zero-order valence-corrected chi connectivity index (χ0v) is 50.3. The van der Waals surface area contributed by atoms with Crippen molar-refractivity contribution in [2.24, 2.45) is 0 Å². The van der Waals surface area contributed by atoms with Crippen molar-refractivity contribution in [3.8, 4) is 0 Å². The van der Waals surface area contributed by atoms with Crippen LogP contribution in [0.3, 0.4) is 0 Å². The first-order valence-corrected chi connectivity index (χ1v) is 32.1. The standard InChI is InChI=1S/C66H114NO8P/c1-6-8-10-12-14-16-18-20-22-24-26-28-30-32-33-35-37-39-41-43-45-47-49-51-53-55-57-59-66(69)75-64(63-74-76(70,71)73-61-60-67(3,4)5)62-72-65(68)58-56-54-52-50-48-46-44-42-40-38-36-34-31-29-27-25-23-21-19-17-15-13-11-9-7-2/h8,10,14,16,19-22,25-28,32-33,37,39,43,45,64H,6-7,9,11-13,15,17-18,23-24,29-31,34-36,38,40-42,44,46-63H2,1-5H3/p+1/b10-8-,16-14-,21-19-,22-20-,27-25-,28-26-,33-32-,39-37-,45-43-. The van der Waals surface area contributed by atoms with E-state index in [1.807, 2.05) is 21.1 Å². The number of hydrogen-bond acceptors (Lipinski definition) is 7. The third-order valence-electron chi connectivity index (χ3n) is 12.8. The SMILES string of the molecule is CC/C=C\C/C=C\C/C=C\C/C=C\C/C=C\C/C=C\C/C=C\CCCCCCCC(=O)OC(COC(=O)CCCCCCCCCCCCCCC/C=C\C/C=C\CCCCCCC)COP(=O)(O)OCC[N+](C)(C)C. The van der Waals surface area contributed by atoms with Gasteiger partial charge in [-0.15, -0.1) is 0 Å². The van der Waals surface area contributed by atoms with Crippen molar-refractivity contribution in [3.05, 3.63) is 109 Å². The molecule has 436 valence electrons. The highest BCUT2D eigenvalue weighted by molar-refractivity contribution is 7.47. The van der Waals surface area contributed by atoms with E-state index in [1.54, 1.807) is 0 Å². The molecule has 2 atom stereocenters. The highest BCUT2D eigenvalue weighted by Gasteiger charge is 2.27. The Morgan fingerprint density at radius 3 is 1.12 bits per heavy atom. The van der Waals surface area contributed by atoms with E-state index in [4.69, 9.17) is 18.5 Å². The summed E-state index contributed by atoms with van der Waals surface area (Å²) in [6.07, 6.45) is 78.7. The van der Waals surface area contributed by atoms with E-state index >= 15 is 0 Å². The lowest BCUT2D eigenvalue weighted by Gasteiger charge is -2.24. The van der Waals surface area contributed by atoms with Crippen molar-refractivity contribution >= 4 is 19.8 Å². The minimum atomic E-state index is -4.40. The van der Waals surface area contributed by atoms with Crippen molar-refractivity contribution in [1.82, 2.24) is 0 Å². The second-order valence-corrected chi connectivity index (χ2v) is 22.8. The molecule has 0 aliphatic rings. The lowest BCUT2D eigenvalue weighted by Crippen LogP contribution is -2.37. The molecule has 0 aromatic carbocycles. The molecule has 0 aliphatic carbocycles. The predicted molar refractivity (Wildman–Crippen MR) is 325 cm³/mol. The average Bonchev–Trinajstić information content (AvgIpc) is 3.38. The van der Waals surface area contributed by atoms with Crippen molar-refractivity contribution < 1.29 is 42.1 Å². The zero-order valence-electron chi connectivity index (χ0n) is 49.5. The summed E-state index contributed by atoms with van der Waals surface area (Å²) < 4.78 is 34.6. The minimum Gasteiger partial charge on any atom is -0.462 e. The zero-order chi connectivity index (χ0) is 55.6. The fourth-order valence-electron chi connectivity index (χ4n) is 8.08. The second kappa shape index (κ2) is 56.4. The Hall–Kier alpha value is -3.33. The van der Waals surface area contributed by atoms with E-state index in [1.165, 1.54) is 109 Å². The number of likely N-dealkylation sites (N-methyl/N-ethyl adjacent to an activating group) is 1. The maximum Gasteiger partial charge on any atom is 0.472 e. The number of quaternary nitrogens is 1. The molecule has 0 saturated carbocycles. The lowest BCUT2D eigenvalue weighted by molar-refractivity contribution is -0.870. The number of allylic oxidation sites excluding steroid dienone is 18. The topological polar surface area (TPSA) is 108 Å². The van der Waals surface area contributed by atoms with Gasteiger partial charge in [-0.05, 0) is 103 Å². The summed E-state index contributed by atoms with van der Waals surface area (Å²) in [5.41, 5.74) is 0. The quantitative estimate of drug-likeness (QED) is 0.0211. The molecule has 9 nitrogen and oxygen atoms in total. The molecular weight excluding hydrogens is 966 g/mol. The molecule has 1 N–H and O–H groups in total. The summed E-state index contributed by atoms with van der Waals surface area (Å²) >= 11 is 0. The number of esters is 2. The van der Waals surface area contributed by atoms with Crippen molar-refractivity contribution in [3.63, 3.8) is 0 Å². The maximum atomic E-state index is 12.8. The van der Waals surface area contributed by atoms with Crippen molar-refractivity contribution in [1.29, 1.82) is 0 Å². The van der Waals surface area contributed by atoms with Crippen molar-refractivity contribution in [2.75, 3.05) is 47.5 Å². The van der Waals surface area contributed by atoms with Gasteiger partial charge in [-0.1, -0.05) is 239 Å². The number of nitrogens with zero attached hydrogens (tertiary/aromatic N) is 1. The monoisotopic (exact) mass is 1080 g/mol. The number of ether oxygens (including phenoxy) is 2. The van der Waals surface area contributed by atoms with Crippen LogP contribution in [0.25, 0.3) is 0 Å². The summed E-state index contributed by atoms with van der Waals surface area (Å²) in [5.74, 6) is -0.823. The molecular formula is C66H115NO8P+. The Kier molecular flexibility index (Phi) is 53.9. The van der Waals surface area contributed by atoms with Crippen LogP contribution >= 0.6 is 7.82 Å². The normalized spacial score (nSPS) is 14.0. The molecule has 0 amide bonds. The van der Waals surface area contributed by atoms with Gasteiger partial charge in [0.1, 0.15) is 19.8 Å². The Bertz CT molecular complexity index is 1650. The Labute approximate surface area is 467 Å².